The van der Waals surface area contributed by atoms with E-state index in [2.05, 4.69) is 56.4 Å². The van der Waals surface area contributed by atoms with Crippen molar-refractivity contribution in [1.29, 1.82) is 0 Å². The van der Waals surface area contributed by atoms with Gasteiger partial charge in [0.25, 0.3) is 10.0 Å². The molecular weight excluding hydrogens is 545 g/mol. The fourth-order valence-corrected chi connectivity index (χ4v) is 7.57. The molecule has 2 heterocycles. The van der Waals surface area contributed by atoms with Crippen LogP contribution in [0.2, 0.25) is 0 Å². The standard InChI is InChI=1S/C35H46FN3O2S/c1-34(2,3)33-18-15-29(23-37-33)35(4,5)39-20-19-27-22-30(16-14-28(27)24-39)42(40,41)38-32-17-13-26(21-31(32)36)12-8-11-25-9-6-7-10-25/h13-18,21-23,25,38H,6-12,19-20,24H2,1-5H3. The molecule has 5 nitrogen and oxygen atoms in total. The Kier molecular flexibility index (Phi) is 8.82. The lowest BCUT2D eigenvalue weighted by Gasteiger charge is -2.42. The van der Waals surface area contributed by atoms with E-state index in [1.807, 2.05) is 18.3 Å². The van der Waals surface area contributed by atoms with E-state index in [1.165, 1.54) is 38.2 Å². The van der Waals surface area contributed by atoms with Crippen molar-refractivity contribution in [2.75, 3.05) is 11.3 Å². The number of nitrogens with zero attached hydrogens (tertiary/aromatic N) is 2. The monoisotopic (exact) mass is 591 g/mol. The number of nitrogens with one attached hydrogen (secondary N) is 1. The zero-order valence-electron chi connectivity index (χ0n) is 25.8. The van der Waals surface area contributed by atoms with E-state index in [0.29, 0.717) is 6.54 Å². The van der Waals surface area contributed by atoms with Gasteiger partial charge in [-0.1, -0.05) is 71.1 Å². The first-order valence-electron chi connectivity index (χ1n) is 15.5. The van der Waals surface area contributed by atoms with Crippen molar-refractivity contribution in [1.82, 2.24) is 9.88 Å². The third kappa shape index (κ3) is 6.89. The van der Waals surface area contributed by atoms with Gasteiger partial charge in [-0.2, -0.15) is 0 Å². The summed E-state index contributed by atoms with van der Waals surface area (Å²) >= 11 is 0. The van der Waals surface area contributed by atoms with E-state index in [1.54, 1.807) is 18.2 Å². The third-order valence-electron chi connectivity index (χ3n) is 9.36. The lowest BCUT2D eigenvalue weighted by molar-refractivity contribution is 0.103. The maximum atomic E-state index is 14.9. The van der Waals surface area contributed by atoms with Gasteiger partial charge in [0.2, 0.25) is 0 Å². The minimum Gasteiger partial charge on any atom is -0.290 e. The van der Waals surface area contributed by atoms with Crippen LogP contribution in [-0.4, -0.2) is 24.8 Å². The van der Waals surface area contributed by atoms with Crippen molar-refractivity contribution in [3.63, 3.8) is 0 Å². The second kappa shape index (κ2) is 12.1. The molecule has 1 aliphatic carbocycles. The molecule has 226 valence electrons. The van der Waals surface area contributed by atoms with Crippen molar-refractivity contribution in [2.45, 2.75) is 108 Å². The molecule has 1 N–H and O–H groups in total. The van der Waals surface area contributed by atoms with Gasteiger partial charge in [0.1, 0.15) is 5.82 Å². The molecular formula is C35H46FN3O2S. The number of hydrogen-bond donors (Lipinski definition) is 1. The van der Waals surface area contributed by atoms with Crippen molar-refractivity contribution in [2.24, 2.45) is 5.92 Å². The van der Waals surface area contributed by atoms with E-state index < -0.39 is 15.8 Å². The smallest absolute Gasteiger partial charge is 0.261 e. The summed E-state index contributed by atoms with van der Waals surface area (Å²) in [7, 11) is -3.92. The van der Waals surface area contributed by atoms with Crippen LogP contribution in [0.3, 0.4) is 0 Å². The van der Waals surface area contributed by atoms with Crippen LogP contribution in [0, 0.1) is 11.7 Å². The maximum Gasteiger partial charge on any atom is 0.261 e. The Bertz CT molecular complexity index is 1500. The van der Waals surface area contributed by atoms with Gasteiger partial charge in [0.05, 0.1) is 10.6 Å². The van der Waals surface area contributed by atoms with E-state index >= 15 is 0 Å². The average molecular weight is 592 g/mol. The Morgan fingerprint density at radius 3 is 2.40 bits per heavy atom. The van der Waals surface area contributed by atoms with Crippen LogP contribution in [0.1, 0.15) is 101 Å². The lowest BCUT2D eigenvalue weighted by atomic mass is 9.87. The molecule has 3 aromatic rings. The number of sulfonamides is 1. The number of halogens is 1. The minimum atomic E-state index is -3.92. The highest BCUT2D eigenvalue weighted by Gasteiger charge is 2.32. The molecule has 1 aliphatic heterocycles. The molecule has 0 unspecified atom stereocenters. The van der Waals surface area contributed by atoms with E-state index in [9.17, 15) is 12.8 Å². The predicted octanol–water partition coefficient (Wildman–Crippen LogP) is 8.13. The number of pyridine rings is 1. The fourth-order valence-electron chi connectivity index (χ4n) is 6.45. The first-order valence-corrected chi connectivity index (χ1v) is 17.0. The molecule has 1 saturated carbocycles. The number of benzene rings is 2. The van der Waals surface area contributed by atoms with Gasteiger partial charge in [-0.15, -0.1) is 0 Å². The molecule has 0 atom stereocenters. The zero-order valence-corrected chi connectivity index (χ0v) is 26.7. The highest BCUT2D eigenvalue weighted by Crippen LogP contribution is 2.34. The molecule has 0 bridgehead atoms. The van der Waals surface area contributed by atoms with Gasteiger partial charge in [-0.25, -0.2) is 12.8 Å². The summed E-state index contributed by atoms with van der Waals surface area (Å²) in [5, 5.41) is 0. The lowest BCUT2D eigenvalue weighted by Crippen LogP contribution is -2.44. The molecule has 0 saturated heterocycles. The first kappa shape index (κ1) is 30.7. The van der Waals surface area contributed by atoms with E-state index in [0.717, 1.165) is 59.7 Å². The Morgan fingerprint density at radius 1 is 0.976 bits per heavy atom. The molecule has 7 heteroatoms. The molecule has 0 spiro atoms. The molecule has 2 aromatic carbocycles. The normalized spacial score (nSPS) is 16.9. The second-order valence-electron chi connectivity index (χ2n) is 13.8. The maximum absolute atomic E-state index is 14.9. The van der Waals surface area contributed by atoms with Crippen LogP contribution in [-0.2, 0) is 40.4 Å². The summed E-state index contributed by atoms with van der Waals surface area (Å²) in [5.74, 6) is 0.285. The van der Waals surface area contributed by atoms with Crippen molar-refractivity contribution in [3.05, 3.63) is 88.5 Å². The minimum absolute atomic E-state index is 0.00303. The highest BCUT2D eigenvalue weighted by atomic mass is 32.2. The van der Waals surface area contributed by atoms with Crippen molar-refractivity contribution in [3.8, 4) is 0 Å². The van der Waals surface area contributed by atoms with Crippen LogP contribution in [0.15, 0.2) is 59.6 Å². The number of aromatic nitrogens is 1. The third-order valence-corrected chi connectivity index (χ3v) is 10.7. The number of fused-ring (bicyclic) bond motifs is 1. The SMILES string of the molecule is CC(C)(C)c1ccc(C(C)(C)N2CCc3cc(S(=O)(=O)Nc4ccc(CCCC5CCCC5)cc4F)ccc3C2)cn1. The Labute approximate surface area is 252 Å². The summed E-state index contributed by atoms with van der Waals surface area (Å²) in [5.41, 5.74) is 5.03. The quantitative estimate of drug-likeness (QED) is 0.273. The second-order valence-corrected chi connectivity index (χ2v) is 15.5. The number of rotatable bonds is 9. The molecule has 0 amide bonds. The Balaban J connectivity index is 1.23. The van der Waals surface area contributed by atoms with E-state index in [-0.39, 0.29) is 21.5 Å². The van der Waals surface area contributed by atoms with Crippen LogP contribution >= 0.6 is 0 Å². The zero-order chi connectivity index (χ0) is 30.1. The Morgan fingerprint density at radius 2 is 1.74 bits per heavy atom. The molecule has 1 fully saturated rings. The van der Waals surface area contributed by atoms with Crippen LogP contribution in [0.25, 0.3) is 0 Å². The molecule has 2 aliphatic rings. The van der Waals surface area contributed by atoms with Gasteiger partial charge < -0.3 is 0 Å². The number of hydrogen-bond acceptors (Lipinski definition) is 4. The average Bonchev–Trinajstić information content (AvgIpc) is 3.47. The fraction of sp³-hybridized carbons (Fsp3) is 0.514. The molecule has 0 radical (unpaired) electrons. The summed E-state index contributed by atoms with van der Waals surface area (Å²) in [4.78, 5) is 7.32. The summed E-state index contributed by atoms with van der Waals surface area (Å²) in [6.07, 6.45) is 11.1. The highest BCUT2D eigenvalue weighted by molar-refractivity contribution is 7.92. The Hall–Kier alpha value is -2.77. The van der Waals surface area contributed by atoms with Crippen LogP contribution in [0.4, 0.5) is 10.1 Å². The van der Waals surface area contributed by atoms with Gasteiger partial charge in [0.15, 0.2) is 0 Å². The molecule has 42 heavy (non-hydrogen) atoms. The van der Waals surface area contributed by atoms with Crippen molar-refractivity contribution >= 4 is 15.7 Å². The molecule has 5 rings (SSSR count). The largest absolute Gasteiger partial charge is 0.290 e. The van der Waals surface area contributed by atoms with Crippen LogP contribution < -0.4 is 4.72 Å². The predicted molar refractivity (Wildman–Crippen MR) is 169 cm³/mol. The topological polar surface area (TPSA) is 62.3 Å². The van der Waals surface area contributed by atoms with Crippen molar-refractivity contribution < 1.29 is 12.8 Å². The number of anilines is 1. The molecule has 1 aromatic heterocycles. The summed E-state index contributed by atoms with van der Waals surface area (Å²) in [6, 6.07) is 14.4. The summed E-state index contributed by atoms with van der Waals surface area (Å²) in [6.45, 7) is 12.4. The number of aryl methyl sites for hydroxylation is 1. The van der Waals surface area contributed by atoms with Gasteiger partial charge >= 0.3 is 0 Å². The van der Waals surface area contributed by atoms with Gasteiger partial charge in [0, 0.05) is 35.9 Å². The van der Waals surface area contributed by atoms with Gasteiger partial charge in [-0.3, -0.25) is 14.6 Å². The van der Waals surface area contributed by atoms with Gasteiger partial charge in [-0.05, 0) is 91.6 Å². The summed E-state index contributed by atoms with van der Waals surface area (Å²) < 4.78 is 43.9. The first-order chi connectivity index (χ1) is 19.8. The van der Waals surface area contributed by atoms with E-state index in [4.69, 9.17) is 4.98 Å². The van der Waals surface area contributed by atoms with Crippen LogP contribution in [0.5, 0.6) is 0 Å².